The van der Waals surface area contributed by atoms with E-state index in [1.807, 2.05) is 35.9 Å². The van der Waals surface area contributed by atoms with Crippen LogP contribution in [0.4, 0.5) is 0 Å². The van der Waals surface area contributed by atoms with Crippen molar-refractivity contribution in [1.82, 2.24) is 14.8 Å². The third kappa shape index (κ3) is 3.53. The fraction of sp³-hybridized carbons (Fsp3) is 0.357. The number of halogens is 1. The minimum absolute atomic E-state index is 0.615. The first-order valence-electron chi connectivity index (χ1n) is 6.38. The summed E-state index contributed by atoms with van der Waals surface area (Å²) in [4.78, 5) is 0. The van der Waals surface area contributed by atoms with Crippen molar-refractivity contribution in [3.8, 4) is 17.5 Å². The molecule has 0 radical (unpaired) electrons. The van der Waals surface area contributed by atoms with Crippen LogP contribution in [-0.4, -0.2) is 20.5 Å². The van der Waals surface area contributed by atoms with Gasteiger partial charge in [-0.05, 0) is 25.0 Å². The second-order valence-corrected chi connectivity index (χ2v) is 5.78. The molecule has 1 aromatic heterocycles. The number of hydrogen-bond acceptors (Lipinski definition) is 4. The molecule has 104 valence electrons. The number of nitrogens with zero attached hydrogens (tertiary/aromatic N) is 4. The Hall–Kier alpha value is -1.51. The van der Waals surface area contributed by atoms with Gasteiger partial charge in [0.05, 0.1) is 11.1 Å². The normalized spacial score (nSPS) is 10.4. The molecule has 0 spiro atoms. The van der Waals surface area contributed by atoms with Crippen molar-refractivity contribution in [3.05, 3.63) is 29.3 Å². The molecule has 0 N–H and O–H groups in total. The Morgan fingerprint density at radius 2 is 2.10 bits per heavy atom. The van der Waals surface area contributed by atoms with Crippen molar-refractivity contribution in [2.75, 3.05) is 5.75 Å². The summed E-state index contributed by atoms with van der Waals surface area (Å²) in [5, 5.41) is 18.5. The Kier molecular flexibility index (Phi) is 5.45. The lowest BCUT2D eigenvalue weighted by molar-refractivity contribution is 0.785. The monoisotopic (exact) mass is 306 g/mol. The summed E-state index contributed by atoms with van der Waals surface area (Å²) < 4.78 is 1.95. The van der Waals surface area contributed by atoms with Crippen molar-refractivity contribution in [2.45, 2.75) is 24.4 Å². The highest BCUT2D eigenvalue weighted by Crippen LogP contribution is 2.28. The summed E-state index contributed by atoms with van der Waals surface area (Å²) in [6, 6.07) is 9.77. The average Bonchev–Trinajstić information content (AvgIpc) is 2.81. The molecule has 0 atom stereocenters. The Labute approximate surface area is 127 Å². The average molecular weight is 307 g/mol. The van der Waals surface area contributed by atoms with Crippen LogP contribution >= 0.6 is 23.4 Å². The molecule has 0 aliphatic carbocycles. The molecular formula is C14H15ClN4S. The van der Waals surface area contributed by atoms with Gasteiger partial charge in [0, 0.05) is 24.8 Å². The third-order valence-corrected chi connectivity index (χ3v) is 4.30. The predicted molar refractivity (Wildman–Crippen MR) is 81.6 cm³/mol. The molecule has 0 unspecified atom stereocenters. The zero-order chi connectivity index (χ0) is 14.4. The van der Waals surface area contributed by atoms with E-state index in [1.165, 1.54) is 0 Å². The highest BCUT2D eigenvalue weighted by molar-refractivity contribution is 7.99. The Morgan fingerprint density at radius 3 is 2.85 bits per heavy atom. The van der Waals surface area contributed by atoms with Gasteiger partial charge in [-0.2, -0.15) is 5.26 Å². The quantitative estimate of drug-likeness (QED) is 0.599. The van der Waals surface area contributed by atoms with E-state index in [-0.39, 0.29) is 0 Å². The van der Waals surface area contributed by atoms with Crippen LogP contribution in [0, 0.1) is 11.3 Å². The lowest BCUT2D eigenvalue weighted by Gasteiger charge is -2.05. The van der Waals surface area contributed by atoms with Crippen molar-refractivity contribution in [3.63, 3.8) is 0 Å². The maximum Gasteiger partial charge on any atom is 0.191 e. The second kappa shape index (κ2) is 7.32. The molecule has 0 bridgehead atoms. The fourth-order valence-electron chi connectivity index (χ4n) is 1.79. The van der Waals surface area contributed by atoms with Gasteiger partial charge < -0.3 is 4.57 Å². The van der Waals surface area contributed by atoms with Crippen molar-refractivity contribution in [2.24, 2.45) is 7.05 Å². The Balaban J connectivity index is 2.04. The van der Waals surface area contributed by atoms with Crippen molar-refractivity contribution in [1.29, 1.82) is 5.26 Å². The van der Waals surface area contributed by atoms with Crippen LogP contribution in [0.1, 0.15) is 19.3 Å². The molecule has 0 aliphatic rings. The number of benzene rings is 1. The summed E-state index contributed by atoms with van der Waals surface area (Å²) in [5.41, 5.74) is 0.889. The molecule has 6 heteroatoms. The molecule has 2 aromatic rings. The number of nitriles is 1. The molecule has 0 aliphatic heterocycles. The molecule has 0 saturated carbocycles. The maximum atomic E-state index is 8.49. The van der Waals surface area contributed by atoms with Gasteiger partial charge in [-0.15, -0.1) is 10.2 Å². The van der Waals surface area contributed by atoms with E-state index >= 15 is 0 Å². The third-order valence-electron chi connectivity index (χ3n) is 2.86. The number of hydrogen-bond donors (Lipinski definition) is 0. The first kappa shape index (κ1) is 14.9. The minimum Gasteiger partial charge on any atom is -0.305 e. The van der Waals surface area contributed by atoms with Crippen LogP contribution in [0.5, 0.6) is 0 Å². The summed E-state index contributed by atoms with van der Waals surface area (Å²) in [6.45, 7) is 0. The lowest BCUT2D eigenvalue weighted by Crippen LogP contribution is -1.95. The van der Waals surface area contributed by atoms with Crippen molar-refractivity contribution < 1.29 is 0 Å². The van der Waals surface area contributed by atoms with E-state index in [0.29, 0.717) is 11.4 Å². The maximum absolute atomic E-state index is 8.49. The second-order valence-electron chi connectivity index (χ2n) is 4.31. The Morgan fingerprint density at radius 1 is 1.30 bits per heavy atom. The van der Waals surface area contributed by atoms with E-state index in [9.17, 15) is 0 Å². The fourth-order valence-corrected chi connectivity index (χ4v) is 2.92. The van der Waals surface area contributed by atoms with Gasteiger partial charge in [0.1, 0.15) is 0 Å². The SMILES string of the molecule is Cn1c(SCCCCC#N)nnc1-c1ccccc1Cl. The summed E-state index contributed by atoms with van der Waals surface area (Å²) in [7, 11) is 1.94. The molecule has 20 heavy (non-hydrogen) atoms. The van der Waals surface area contributed by atoms with E-state index in [1.54, 1.807) is 11.8 Å². The lowest BCUT2D eigenvalue weighted by atomic mass is 10.2. The summed E-state index contributed by atoms with van der Waals surface area (Å²) in [6.07, 6.45) is 2.55. The van der Waals surface area contributed by atoms with Gasteiger partial charge in [0.15, 0.2) is 11.0 Å². The van der Waals surface area contributed by atoms with Gasteiger partial charge in [0.25, 0.3) is 0 Å². The Bertz CT molecular complexity index is 618. The highest BCUT2D eigenvalue weighted by atomic mass is 35.5. The van der Waals surface area contributed by atoms with Gasteiger partial charge in [-0.25, -0.2) is 0 Å². The van der Waals surface area contributed by atoms with Gasteiger partial charge in [0.2, 0.25) is 0 Å². The van der Waals surface area contributed by atoms with Crippen molar-refractivity contribution >= 4 is 23.4 Å². The largest absolute Gasteiger partial charge is 0.305 e. The molecule has 0 amide bonds. The zero-order valence-electron chi connectivity index (χ0n) is 11.2. The molecule has 0 saturated heterocycles. The van der Waals surface area contributed by atoms with Crippen LogP contribution in [0.25, 0.3) is 11.4 Å². The molecule has 4 nitrogen and oxygen atoms in total. The summed E-state index contributed by atoms with van der Waals surface area (Å²) in [5.74, 6) is 1.71. The van der Waals surface area contributed by atoms with Crippen LogP contribution < -0.4 is 0 Å². The van der Waals surface area contributed by atoms with E-state index < -0.39 is 0 Å². The van der Waals surface area contributed by atoms with Crippen LogP contribution in [0.15, 0.2) is 29.4 Å². The van der Waals surface area contributed by atoms with Crippen LogP contribution in [-0.2, 0) is 7.05 Å². The minimum atomic E-state index is 0.615. The first-order chi connectivity index (χ1) is 9.74. The molecule has 1 heterocycles. The zero-order valence-corrected chi connectivity index (χ0v) is 12.8. The van der Waals surface area contributed by atoms with E-state index in [2.05, 4.69) is 16.3 Å². The topological polar surface area (TPSA) is 54.5 Å². The molecule has 1 aromatic carbocycles. The molecule has 2 rings (SSSR count). The smallest absolute Gasteiger partial charge is 0.191 e. The number of aromatic nitrogens is 3. The van der Waals surface area contributed by atoms with Crippen LogP contribution in [0.2, 0.25) is 5.02 Å². The van der Waals surface area contributed by atoms with Gasteiger partial charge in [-0.1, -0.05) is 35.5 Å². The van der Waals surface area contributed by atoms with Crippen LogP contribution in [0.3, 0.4) is 0 Å². The number of unbranched alkanes of at least 4 members (excludes halogenated alkanes) is 2. The standard InChI is InChI=1S/C14H15ClN4S/c1-19-13(11-7-3-4-8-12(11)15)17-18-14(19)20-10-6-2-5-9-16/h3-4,7-8H,2,5-6,10H2,1H3. The number of thioether (sulfide) groups is 1. The first-order valence-corrected chi connectivity index (χ1v) is 7.74. The molecular weight excluding hydrogens is 292 g/mol. The van der Waals surface area contributed by atoms with Gasteiger partial charge >= 0.3 is 0 Å². The summed E-state index contributed by atoms with van der Waals surface area (Å²) >= 11 is 7.84. The van der Waals surface area contributed by atoms with E-state index in [4.69, 9.17) is 16.9 Å². The van der Waals surface area contributed by atoms with Gasteiger partial charge in [-0.3, -0.25) is 0 Å². The number of rotatable bonds is 6. The predicted octanol–water partition coefficient (Wildman–Crippen LogP) is 3.92. The molecule has 0 fully saturated rings. The highest BCUT2D eigenvalue weighted by Gasteiger charge is 2.13. The van der Waals surface area contributed by atoms with E-state index in [0.717, 1.165) is 35.1 Å².